The second-order valence-corrected chi connectivity index (χ2v) is 5.96. The lowest BCUT2D eigenvalue weighted by atomic mass is 9.96. The number of aromatic nitrogens is 3. The number of nitrogens with one attached hydrogen (secondary N) is 1. The number of piperidine rings is 1. The second-order valence-electron chi connectivity index (χ2n) is 5.96. The summed E-state index contributed by atoms with van der Waals surface area (Å²) in [6, 6.07) is 0.360. The van der Waals surface area contributed by atoms with Crippen molar-refractivity contribution >= 4 is 6.03 Å². The van der Waals surface area contributed by atoms with Gasteiger partial charge in [0.15, 0.2) is 0 Å². The van der Waals surface area contributed by atoms with E-state index in [2.05, 4.69) is 10.4 Å². The van der Waals surface area contributed by atoms with Crippen molar-refractivity contribution in [1.82, 2.24) is 24.6 Å². The maximum absolute atomic E-state index is 12.2. The fraction of sp³-hybridized carbons (Fsp3) is 0.786. The van der Waals surface area contributed by atoms with E-state index in [9.17, 15) is 9.59 Å². The van der Waals surface area contributed by atoms with E-state index >= 15 is 0 Å². The average Bonchev–Trinajstić information content (AvgIpc) is 3.27. The summed E-state index contributed by atoms with van der Waals surface area (Å²) in [7, 11) is 1.72. The molecule has 0 radical (unpaired) electrons. The zero-order valence-electron chi connectivity index (χ0n) is 12.7. The van der Waals surface area contributed by atoms with Crippen molar-refractivity contribution in [1.29, 1.82) is 0 Å². The molecule has 1 saturated heterocycles. The number of rotatable bonds is 3. The van der Waals surface area contributed by atoms with Crippen LogP contribution in [0.15, 0.2) is 4.79 Å². The monoisotopic (exact) mass is 293 g/mol. The molecule has 0 unspecified atom stereocenters. The van der Waals surface area contributed by atoms with E-state index in [4.69, 9.17) is 0 Å². The van der Waals surface area contributed by atoms with Gasteiger partial charge in [-0.3, -0.25) is 4.57 Å². The summed E-state index contributed by atoms with van der Waals surface area (Å²) in [5, 5.41) is 7.28. The van der Waals surface area contributed by atoms with Gasteiger partial charge in [-0.15, -0.1) is 0 Å². The fourth-order valence-electron chi connectivity index (χ4n) is 3.06. The molecule has 0 spiro atoms. The third-order valence-corrected chi connectivity index (χ3v) is 4.37. The highest BCUT2D eigenvalue weighted by atomic mass is 16.2. The van der Waals surface area contributed by atoms with Gasteiger partial charge in [0.05, 0.1) is 0 Å². The molecule has 21 heavy (non-hydrogen) atoms. The molecule has 1 aliphatic heterocycles. The summed E-state index contributed by atoms with van der Waals surface area (Å²) < 4.78 is 3.33. The molecule has 1 N–H and O–H groups in total. The SMILES string of the molecule is CCNC(=O)N1CCC(c2nn(C)c(=O)n2C2CC2)CC1. The average molecular weight is 293 g/mol. The van der Waals surface area contributed by atoms with Crippen molar-refractivity contribution in [3.63, 3.8) is 0 Å². The lowest BCUT2D eigenvalue weighted by molar-refractivity contribution is 0.180. The minimum atomic E-state index is -0.00124. The Morgan fingerprint density at radius 3 is 2.52 bits per heavy atom. The highest BCUT2D eigenvalue weighted by Crippen LogP contribution is 2.37. The van der Waals surface area contributed by atoms with Gasteiger partial charge in [0, 0.05) is 38.6 Å². The summed E-state index contributed by atoms with van der Waals surface area (Å²) in [5.41, 5.74) is -0.00124. The maximum atomic E-state index is 12.2. The Balaban J connectivity index is 1.71. The smallest absolute Gasteiger partial charge is 0.338 e. The van der Waals surface area contributed by atoms with Crippen LogP contribution < -0.4 is 11.0 Å². The van der Waals surface area contributed by atoms with Crippen LogP contribution in [0, 0.1) is 0 Å². The highest BCUT2D eigenvalue weighted by Gasteiger charge is 2.34. The summed E-state index contributed by atoms with van der Waals surface area (Å²) in [6.45, 7) is 4.03. The van der Waals surface area contributed by atoms with Gasteiger partial charge in [-0.1, -0.05) is 0 Å². The number of carbonyl (C=O) groups excluding carboxylic acids is 1. The first kappa shape index (κ1) is 14.2. The summed E-state index contributed by atoms with van der Waals surface area (Å²) in [6.07, 6.45) is 3.91. The summed E-state index contributed by atoms with van der Waals surface area (Å²) in [4.78, 5) is 25.8. The topological polar surface area (TPSA) is 72.2 Å². The van der Waals surface area contributed by atoms with Crippen LogP contribution in [0.2, 0.25) is 0 Å². The van der Waals surface area contributed by atoms with Crippen molar-refractivity contribution in [3.05, 3.63) is 16.3 Å². The first-order chi connectivity index (χ1) is 10.1. The van der Waals surface area contributed by atoms with E-state index in [-0.39, 0.29) is 17.6 Å². The van der Waals surface area contributed by atoms with E-state index in [1.165, 1.54) is 4.68 Å². The Morgan fingerprint density at radius 2 is 1.95 bits per heavy atom. The van der Waals surface area contributed by atoms with Crippen molar-refractivity contribution in [2.24, 2.45) is 7.05 Å². The van der Waals surface area contributed by atoms with Gasteiger partial charge in [0.1, 0.15) is 5.82 Å². The molecule has 2 aliphatic rings. The maximum Gasteiger partial charge on any atom is 0.345 e. The Kier molecular flexibility index (Phi) is 3.73. The third kappa shape index (κ3) is 2.69. The zero-order chi connectivity index (χ0) is 15.0. The molecule has 1 aromatic rings. The number of likely N-dealkylation sites (tertiary alicyclic amines) is 1. The van der Waals surface area contributed by atoms with Crippen LogP contribution in [0.1, 0.15) is 50.4 Å². The predicted octanol–water partition coefficient (Wildman–Crippen LogP) is 0.826. The van der Waals surface area contributed by atoms with Gasteiger partial charge in [-0.25, -0.2) is 14.3 Å². The lowest BCUT2D eigenvalue weighted by Crippen LogP contribution is -2.44. The van der Waals surface area contributed by atoms with Gasteiger partial charge in [-0.2, -0.15) is 5.10 Å². The molecule has 7 nitrogen and oxygen atoms in total. The quantitative estimate of drug-likeness (QED) is 0.897. The molecule has 7 heteroatoms. The molecule has 1 aromatic heterocycles. The first-order valence-electron chi connectivity index (χ1n) is 7.80. The van der Waals surface area contributed by atoms with Crippen molar-refractivity contribution in [2.75, 3.05) is 19.6 Å². The highest BCUT2D eigenvalue weighted by molar-refractivity contribution is 5.74. The summed E-state index contributed by atoms with van der Waals surface area (Å²) >= 11 is 0. The minimum absolute atomic E-state index is 0.00124. The van der Waals surface area contributed by atoms with E-state index in [1.54, 1.807) is 7.05 Å². The Morgan fingerprint density at radius 1 is 1.29 bits per heavy atom. The van der Waals surface area contributed by atoms with Crippen molar-refractivity contribution in [3.8, 4) is 0 Å². The van der Waals surface area contributed by atoms with Gasteiger partial charge in [0.25, 0.3) is 0 Å². The van der Waals surface area contributed by atoms with Crippen LogP contribution in [0.5, 0.6) is 0 Å². The number of aryl methyl sites for hydroxylation is 1. The van der Waals surface area contributed by atoms with Gasteiger partial charge < -0.3 is 10.2 Å². The Bertz CT molecular complexity index is 579. The third-order valence-electron chi connectivity index (χ3n) is 4.37. The normalized spacial score (nSPS) is 19.8. The number of amides is 2. The van der Waals surface area contributed by atoms with Crippen LogP contribution in [0.25, 0.3) is 0 Å². The van der Waals surface area contributed by atoms with Gasteiger partial charge in [0.2, 0.25) is 0 Å². The Labute approximate surface area is 123 Å². The van der Waals surface area contributed by atoms with E-state index in [1.807, 2.05) is 16.4 Å². The molecule has 1 aliphatic carbocycles. The van der Waals surface area contributed by atoms with Crippen LogP contribution in [0.3, 0.4) is 0 Å². The second kappa shape index (κ2) is 5.54. The molecule has 116 valence electrons. The molecule has 0 aromatic carbocycles. The Hall–Kier alpha value is -1.79. The lowest BCUT2D eigenvalue weighted by Gasteiger charge is -2.31. The fourth-order valence-corrected chi connectivity index (χ4v) is 3.06. The molecule has 0 bridgehead atoms. The van der Waals surface area contributed by atoms with Crippen LogP contribution in [-0.4, -0.2) is 44.9 Å². The number of hydrogen-bond acceptors (Lipinski definition) is 3. The number of carbonyl (C=O) groups is 1. The number of hydrogen-bond donors (Lipinski definition) is 1. The van der Waals surface area contributed by atoms with E-state index < -0.39 is 0 Å². The van der Waals surface area contributed by atoms with E-state index in [0.29, 0.717) is 12.6 Å². The largest absolute Gasteiger partial charge is 0.345 e. The predicted molar refractivity (Wildman–Crippen MR) is 78.4 cm³/mol. The number of nitrogens with zero attached hydrogens (tertiary/aromatic N) is 4. The summed E-state index contributed by atoms with van der Waals surface area (Å²) in [5.74, 6) is 1.20. The van der Waals surface area contributed by atoms with Crippen molar-refractivity contribution < 1.29 is 4.79 Å². The first-order valence-corrected chi connectivity index (χ1v) is 7.80. The molecule has 2 fully saturated rings. The molecule has 1 saturated carbocycles. The molecule has 2 amide bonds. The van der Waals surface area contributed by atoms with Crippen LogP contribution >= 0.6 is 0 Å². The van der Waals surface area contributed by atoms with Gasteiger partial charge >= 0.3 is 11.7 Å². The standard InChI is InChI=1S/C14H23N5O2/c1-3-15-13(20)18-8-6-10(7-9-18)12-16-17(2)14(21)19(12)11-4-5-11/h10-11H,3-9H2,1-2H3,(H,15,20). The molecule has 2 heterocycles. The molecular formula is C14H23N5O2. The molecule has 0 atom stereocenters. The van der Waals surface area contributed by atoms with Crippen LogP contribution in [-0.2, 0) is 7.05 Å². The zero-order valence-corrected chi connectivity index (χ0v) is 12.7. The number of urea groups is 1. The molecule has 3 rings (SSSR count). The molecular weight excluding hydrogens is 270 g/mol. The minimum Gasteiger partial charge on any atom is -0.338 e. The van der Waals surface area contributed by atoms with Crippen LogP contribution in [0.4, 0.5) is 4.79 Å². The van der Waals surface area contributed by atoms with Crippen molar-refractivity contribution in [2.45, 2.75) is 44.6 Å². The van der Waals surface area contributed by atoms with Gasteiger partial charge in [-0.05, 0) is 32.6 Å². The van der Waals surface area contributed by atoms with E-state index in [0.717, 1.165) is 44.6 Å².